The highest BCUT2D eigenvalue weighted by Crippen LogP contribution is 2.44. The van der Waals surface area contributed by atoms with Gasteiger partial charge in [0.1, 0.15) is 0 Å². The Bertz CT molecular complexity index is 402. The van der Waals surface area contributed by atoms with Crippen LogP contribution in [0.5, 0.6) is 0 Å². The summed E-state index contributed by atoms with van der Waals surface area (Å²) in [7, 11) is -3.01. The lowest BCUT2D eigenvalue weighted by Gasteiger charge is -2.38. The zero-order valence-electron chi connectivity index (χ0n) is 13.0. The van der Waals surface area contributed by atoms with Crippen LogP contribution in [0.4, 0.5) is 0 Å². The van der Waals surface area contributed by atoms with Gasteiger partial charge in [-0.3, -0.25) is 0 Å². The van der Waals surface area contributed by atoms with Crippen molar-refractivity contribution < 1.29 is 8.42 Å². The van der Waals surface area contributed by atoms with E-state index in [4.69, 9.17) is 0 Å². The van der Waals surface area contributed by atoms with Crippen LogP contribution in [0.15, 0.2) is 0 Å². The van der Waals surface area contributed by atoms with Crippen molar-refractivity contribution in [2.75, 3.05) is 32.4 Å². The summed E-state index contributed by atoms with van der Waals surface area (Å²) in [5.41, 5.74) is 0.432. The van der Waals surface area contributed by atoms with Gasteiger partial charge in [0.2, 0.25) is 10.0 Å². The zero-order valence-corrected chi connectivity index (χ0v) is 13.8. The van der Waals surface area contributed by atoms with Crippen LogP contribution in [0, 0.1) is 11.3 Å². The molecule has 1 aliphatic heterocycles. The van der Waals surface area contributed by atoms with E-state index in [0.717, 1.165) is 32.6 Å². The first-order valence-corrected chi connectivity index (χ1v) is 9.96. The third-order valence-corrected chi connectivity index (χ3v) is 6.36. The van der Waals surface area contributed by atoms with Crippen LogP contribution >= 0.6 is 0 Å². The van der Waals surface area contributed by atoms with E-state index in [1.807, 2.05) is 0 Å². The molecule has 0 spiro atoms. The standard InChI is InChI=1S/C15H30N2O2S/c1-3-16-13-15(8-4-5-9-15)11-14-7-6-10-17(12-14)20(2,18)19/h14,16H,3-13H2,1-2H3. The molecule has 0 amide bonds. The van der Waals surface area contributed by atoms with Crippen LogP contribution < -0.4 is 5.32 Å². The maximum absolute atomic E-state index is 11.7. The van der Waals surface area contributed by atoms with Gasteiger partial charge in [-0.05, 0) is 50.0 Å². The number of nitrogens with zero attached hydrogens (tertiary/aromatic N) is 1. The van der Waals surface area contributed by atoms with E-state index in [1.165, 1.54) is 44.8 Å². The first-order chi connectivity index (χ1) is 9.45. The van der Waals surface area contributed by atoms with Crippen molar-refractivity contribution in [3.8, 4) is 0 Å². The predicted molar refractivity (Wildman–Crippen MR) is 83.2 cm³/mol. The van der Waals surface area contributed by atoms with Crippen molar-refractivity contribution >= 4 is 10.0 Å². The van der Waals surface area contributed by atoms with Crippen LogP contribution in [-0.4, -0.2) is 45.2 Å². The number of piperidine rings is 1. The van der Waals surface area contributed by atoms with Crippen LogP contribution in [0.1, 0.15) is 51.9 Å². The summed E-state index contributed by atoms with van der Waals surface area (Å²) in [5, 5.41) is 3.53. The zero-order chi connectivity index (χ0) is 14.6. The molecule has 0 radical (unpaired) electrons. The molecule has 20 heavy (non-hydrogen) atoms. The van der Waals surface area contributed by atoms with Crippen LogP contribution in [0.3, 0.4) is 0 Å². The molecule has 1 N–H and O–H groups in total. The minimum atomic E-state index is -3.01. The quantitative estimate of drug-likeness (QED) is 0.818. The van der Waals surface area contributed by atoms with Gasteiger partial charge in [0.15, 0.2) is 0 Å². The monoisotopic (exact) mass is 302 g/mol. The fourth-order valence-corrected chi connectivity index (χ4v) is 5.02. The Kier molecular flexibility index (Phi) is 5.49. The fraction of sp³-hybridized carbons (Fsp3) is 1.00. The van der Waals surface area contributed by atoms with E-state index < -0.39 is 10.0 Å². The lowest BCUT2D eigenvalue weighted by Crippen LogP contribution is -2.42. The average Bonchev–Trinajstić information content (AvgIpc) is 2.85. The van der Waals surface area contributed by atoms with Gasteiger partial charge in [0.05, 0.1) is 6.26 Å². The van der Waals surface area contributed by atoms with E-state index in [2.05, 4.69) is 12.2 Å². The second-order valence-electron chi connectivity index (χ2n) is 6.82. The van der Waals surface area contributed by atoms with Crippen molar-refractivity contribution in [1.29, 1.82) is 0 Å². The van der Waals surface area contributed by atoms with Crippen LogP contribution in [0.2, 0.25) is 0 Å². The molecule has 0 aromatic carbocycles. The molecule has 2 aliphatic rings. The smallest absolute Gasteiger partial charge is 0.211 e. The largest absolute Gasteiger partial charge is 0.316 e. The van der Waals surface area contributed by atoms with Gasteiger partial charge < -0.3 is 5.32 Å². The van der Waals surface area contributed by atoms with E-state index in [9.17, 15) is 8.42 Å². The molecular formula is C15H30N2O2S. The Morgan fingerprint density at radius 3 is 2.55 bits per heavy atom. The number of hydrogen-bond acceptors (Lipinski definition) is 3. The Morgan fingerprint density at radius 2 is 1.95 bits per heavy atom. The molecule has 1 saturated heterocycles. The average molecular weight is 302 g/mol. The van der Waals surface area contributed by atoms with Crippen LogP contribution in [-0.2, 0) is 10.0 Å². The van der Waals surface area contributed by atoms with Crippen molar-refractivity contribution in [2.24, 2.45) is 11.3 Å². The minimum Gasteiger partial charge on any atom is -0.316 e. The molecule has 1 unspecified atom stereocenters. The van der Waals surface area contributed by atoms with Gasteiger partial charge in [0.25, 0.3) is 0 Å². The van der Waals surface area contributed by atoms with Crippen molar-refractivity contribution in [2.45, 2.75) is 51.9 Å². The predicted octanol–water partition coefficient (Wildman–Crippen LogP) is 2.22. The SMILES string of the molecule is CCNCC1(CC2CCCN(S(C)(=O)=O)C2)CCCC1. The Labute approximate surface area is 124 Å². The van der Waals surface area contributed by atoms with Crippen molar-refractivity contribution in [3.63, 3.8) is 0 Å². The topological polar surface area (TPSA) is 49.4 Å². The molecule has 2 fully saturated rings. The second-order valence-corrected chi connectivity index (χ2v) is 8.80. The minimum absolute atomic E-state index is 0.432. The van der Waals surface area contributed by atoms with Gasteiger partial charge >= 0.3 is 0 Å². The molecule has 0 aromatic rings. The lowest BCUT2D eigenvalue weighted by atomic mass is 9.75. The molecule has 1 aliphatic carbocycles. The summed E-state index contributed by atoms with van der Waals surface area (Å²) in [6.45, 7) is 5.76. The van der Waals surface area contributed by atoms with Gasteiger partial charge in [-0.1, -0.05) is 19.8 Å². The lowest BCUT2D eigenvalue weighted by molar-refractivity contribution is 0.162. The van der Waals surface area contributed by atoms with Gasteiger partial charge in [-0.15, -0.1) is 0 Å². The maximum atomic E-state index is 11.7. The van der Waals surface area contributed by atoms with E-state index in [-0.39, 0.29) is 0 Å². The summed E-state index contributed by atoms with van der Waals surface area (Å²) in [4.78, 5) is 0. The van der Waals surface area contributed by atoms with Crippen molar-refractivity contribution in [1.82, 2.24) is 9.62 Å². The van der Waals surface area contributed by atoms with E-state index in [0.29, 0.717) is 11.3 Å². The number of nitrogens with one attached hydrogen (secondary N) is 1. The molecular weight excluding hydrogens is 272 g/mol. The third-order valence-electron chi connectivity index (χ3n) is 5.09. The van der Waals surface area contributed by atoms with Gasteiger partial charge in [0, 0.05) is 19.6 Å². The Balaban J connectivity index is 1.96. The molecule has 118 valence electrons. The maximum Gasteiger partial charge on any atom is 0.211 e. The van der Waals surface area contributed by atoms with Crippen LogP contribution in [0.25, 0.3) is 0 Å². The summed E-state index contributed by atoms with van der Waals surface area (Å²) in [6, 6.07) is 0. The molecule has 0 bridgehead atoms. The van der Waals surface area contributed by atoms with E-state index >= 15 is 0 Å². The first-order valence-electron chi connectivity index (χ1n) is 8.11. The number of rotatable bonds is 6. The highest BCUT2D eigenvalue weighted by atomic mass is 32.2. The van der Waals surface area contributed by atoms with E-state index in [1.54, 1.807) is 4.31 Å². The summed E-state index contributed by atoms with van der Waals surface area (Å²) >= 11 is 0. The van der Waals surface area contributed by atoms with Gasteiger partial charge in [-0.25, -0.2) is 12.7 Å². The highest BCUT2D eigenvalue weighted by molar-refractivity contribution is 7.88. The molecule has 1 atom stereocenters. The highest BCUT2D eigenvalue weighted by Gasteiger charge is 2.37. The molecule has 0 aromatic heterocycles. The Morgan fingerprint density at radius 1 is 1.25 bits per heavy atom. The number of hydrogen-bond donors (Lipinski definition) is 1. The van der Waals surface area contributed by atoms with Crippen molar-refractivity contribution in [3.05, 3.63) is 0 Å². The molecule has 1 heterocycles. The Hall–Kier alpha value is -0.130. The fourth-order valence-electron chi connectivity index (χ4n) is 4.08. The first kappa shape index (κ1) is 16.2. The summed E-state index contributed by atoms with van der Waals surface area (Å²) < 4.78 is 25.2. The molecule has 1 saturated carbocycles. The third kappa shape index (κ3) is 4.18. The molecule has 4 nitrogen and oxygen atoms in total. The van der Waals surface area contributed by atoms with Gasteiger partial charge in [-0.2, -0.15) is 0 Å². The second kappa shape index (κ2) is 6.75. The molecule has 2 rings (SSSR count). The summed E-state index contributed by atoms with van der Waals surface area (Å²) in [6.07, 6.45) is 10.1. The normalized spacial score (nSPS) is 27.8. The number of sulfonamides is 1. The summed E-state index contributed by atoms with van der Waals surface area (Å²) in [5.74, 6) is 0.551. The molecule has 5 heteroatoms.